The van der Waals surface area contributed by atoms with Crippen molar-refractivity contribution >= 4 is 23.2 Å². The van der Waals surface area contributed by atoms with Crippen molar-refractivity contribution < 1.29 is 9.21 Å². The molecule has 0 spiro atoms. The van der Waals surface area contributed by atoms with Crippen molar-refractivity contribution in [3.63, 3.8) is 0 Å². The van der Waals surface area contributed by atoms with Crippen LogP contribution < -0.4 is 5.32 Å². The molecule has 0 saturated heterocycles. The molecular weight excluding hydrogens is 364 g/mol. The lowest BCUT2D eigenvalue weighted by Crippen LogP contribution is -2.11. The fraction of sp³-hybridized carbons (Fsp3) is 0. The Labute approximate surface area is 159 Å². The lowest BCUT2D eigenvalue weighted by atomic mass is 10.2. The summed E-state index contributed by atoms with van der Waals surface area (Å²) in [6, 6.07) is 17.7. The summed E-state index contributed by atoms with van der Waals surface area (Å²) in [7, 11) is 0. The second-order valence-corrected chi connectivity index (χ2v) is 6.13. The number of rotatable bonds is 4. The van der Waals surface area contributed by atoms with E-state index in [1.807, 2.05) is 12.1 Å². The lowest BCUT2D eigenvalue weighted by molar-refractivity contribution is 0.102. The monoisotopic (exact) mass is 376 g/mol. The van der Waals surface area contributed by atoms with E-state index in [9.17, 15) is 4.79 Å². The minimum Gasteiger partial charge on any atom is -0.416 e. The Morgan fingerprint density at radius 3 is 2.11 bits per heavy atom. The van der Waals surface area contributed by atoms with Gasteiger partial charge in [-0.2, -0.15) is 0 Å². The number of halogens is 1. The standard InChI is InChI=1S/C20H13ClN4O2/c21-16-7-3-13(4-8-16)19-24-25-20(27-19)14-5-9-17(10-6-14)23-18(26)15-2-1-11-22-12-15/h1-12H,(H,23,26). The van der Waals surface area contributed by atoms with Crippen LogP contribution in [-0.4, -0.2) is 21.1 Å². The first-order valence-electron chi connectivity index (χ1n) is 8.10. The Kier molecular flexibility index (Phi) is 4.63. The van der Waals surface area contributed by atoms with Gasteiger partial charge in [0.25, 0.3) is 5.91 Å². The van der Waals surface area contributed by atoms with Gasteiger partial charge in [0, 0.05) is 34.2 Å². The van der Waals surface area contributed by atoms with E-state index in [1.165, 1.54) is 6.20 Å². The van der Waals surface area contributed by atoms with Crippen LogP contribution in [0.5, 0.6) is 0 Å². The maximum atomic E-state index is 12.2. The molecular formula is C20H13ClN4O2. The summed E-state index contributed by atoms with van der Waals surface area (Å²) in [5, 5.41) is 11.6. The molecule has 0 radical (unpaired) electrons. The number of benzene rings is 2. The summed E-state index contributed by atoms with van der Waals surface area (Å²) in [4.78, 5) is 16.1. The number of hydrogen-bond donors (Lipinski definition) is 1. The SMILES string of the molecule is O=C(Nc1ccc(-c2nnc(-c3ccc(Cl)cc3)o2)cc1)c1cccnc1. The van der Waals surface area contributed by atoms with Crippen molar-refractivity contribution in [1.29, 1.82) is 0 Å². The Hall–Kier alpha value is -3.51. The molecule has 6 nitrogen and oxygen atoms in total. The highest BCUT2D eigenvalue weighted by molar-refractivity contribution is 6.30. The summed E-state index contributed by atoms with van der Waals surface area (Å²) in [6.07, 6.45) is 3.13. The Balaban J connectivity index is 1.49. The van der Waals surface area contributed by atoms with Crippen molar-refractivity contribution in [1.82, 2.24) is 15.2 Å². The number of carbonyl (C=O) groups excluding carboxylic acids is 1. The molecule has 1 amide bonds. The molecule has 0 atom stereocenters. The summed E-state index contributed by atoms with van der Waals surface area (Å²) in [5.41, 5.74) is 2.69. The van der Waals surface area contributed by atoms with Gasteiger partial charge < -0.3 is 9.73 Å². The molecule has 132 valence electrons. The predicted octanol–water partition coefficient (Wildman–Crippen LogP) is 4.70. The summed E-state index contributed by atoms with van der Waals surface area (Å²) in [5.74, 6) is 0.583. The van der Waals surface area contributed by atoms with Gasteiger partial charge in [-0.25, -0.2) is 0 Å². The molecule has 0 aliphatic carbocycles. The van der Waals surface area contributed by atoms with Crippen molar-refractivity contribution in [2.45, 2.75) is 0 Å². The largest absolute Gasteiger partial charge is 0.416 e. The molecule has 2 aromatic heterocycles. The molecule has 0 aliphatic heterocycles. The molecule has 0 unspecified atom stereocenters. The van der Waals surface area contributed by atoms with E-state index in [-0.39, 0.29) is 5.91 Å². The van der Waals surface area contributed by atoms with Crippen LogP contribution >= 0.6 is 11.6 Å². The number of aromatic nitrogens is 3. The fourth-order valence-electron chi connectivity index (χ4n) is 2.45. The van der Waals surface area contributed by atoms with E-state index >= 15 is 0 Å². The summed E-state index contributed by atoms with van der Waals surface area (Å²) < 4.78 is 5.72. The molecule has 0 fully saturated rings. The van der Waals surface area contributed by atoms with Gasteiger partial charge >= 0.3 is 0 Å². The highest BCUT2D eigenvalue weighted by Gasteiger charge is 2.11. The van der Waals surface area contributed by atoms with Gasteiger partial charge in [0.2, 0.25) is 11.8 Å². The summed E-state index contributed by atoms with van der Waals surface area (Å²) >= 11 is 5.89. The predicted molar refractivity (Wildman–Crippen MR) is 102 cm³/mol. The van der Waals surface area contributed by atoms with E-state index in [0.29, 0.717) is 28.1 Å². The molecule has 0 bridgehead atoms. The molecule has 1 N–H and O–H groups in total. The maximum absolute atomic E-state index is 12.2. The summed E-state index contributed by atoms with van der Waals surface area (Å²) in [6.45, 7) is 0. The van der Waals surface area contributed by atoms with Crippen molar-refractivity contribution in [2.75, 3.05) is 5.32 Å². The fourth-order valence-corrected chi connectivity index (χ4v) is 2.57. The number of amides is 1. The van der Waals surface area contributed by atoms with Gasteiger partial charge in [-0.3, -0.25) is 9.78 Å². The normalized spacial score (nSPS) is 10.6. The van der Waals surface area contributed by atoms with Crippen LogP contribution in [0.1, 0.15) is 10.4 Å². The average Bonchev–Trinajstić information content (AvgIpc) is 3.20. The van der Waals surface area contributed by atoms with E-state index in [0.717, 1.165) is 11.1 Å². The van der Waals surface area contributed by atoms with E-state index in [4.69, 9.17) is 16.0 Å². The van der Waals surface area contributed by atoms with Crippen LogP contribution in [0, 0.1) is 0 Å². The van der Waals surface area contributed by atoms with E-state index in [2.05, 4.69) is 20.5 Å². The number of nitrogens with one attached hydrogen (secondary N) is 1. The first-order chi connectivity index (χ1) is 13.2. The number of anilines is 1. The van der Waals surface area contributed by atoms with Crippen LogP contribution in [0.15, 0.2) is 77.5 Å². The Bertz CT molecular complexity index is 1060. The third-order valence-electron chi connectivity index (χ3n) is 3.83. The number of hydrogen-bond acceptors (Lipinski definition) is 5. The van der Waals surface area contributed by atoms with Gasteiger partial charge in [-0.1, -0.05) is 11.6 Å². The smallest absolute Gasteiger partial charge is 0.257 e. The van der Waals surface area contributed by atoms with Crippen LogP contribution in [0.4, 0.5) is 5.69 Å². The second kappa shape index (κ2) is 7.39. The molecule has 4 aromatic rings. The molecule has 4 rings (SSSR count). The first-order valence-corrected chi connectivity index (χ1v) is 8.48. The zero-order valence-corrected chi connectivity index (χ0v) is 14.7. The van der Waals surface area contributed by atoms with Gasteiger partial charge in [-0.15, -0.1) is 10.2 Å². The minimum atomic E-state index is -0.223. The van der Waals surface area contributed by atoms with Gasteiger partial charge in [0.1, 0.15) is 0 Å². The van der Waals surface area contributed by atoms with Crippen LogP contribution in [0.25, 0.3) is 22.9 Å². The third-order valence-corrected chi connectivity index (χ3v) is 4.08. The molecule has 2 aromatic carbocycles. The molecule has 7 heteroatoms. The van der Waals surface area contributed by atoms with Gasteiger partial charge in [0.05, 0.1) is 5.56 Å². The second-order valence-electron chi connectivity index (χ2n) is 5.69. The quantitative estimate of drug-likeness (QED) is 0.558. The molecule has 27 heavy (non-hydrogen) atoms. The molecule has 2 heterocycles. The average molecular weight is 377 g/mol. The van der Waals surface area contributed by atoms with Crippen molar-refractivity contribution in [3.05, 3.63) is 83.6 Å². The number of nitrogens with zero attached hydrogens (tertiary/aromatic N) is 3. The van der Waals surface area contributed by atoms with Crippen LogP contribution in [-0.2, 0) is 0 Å². The van der Waals surface area contributed by atoms with E-state index < -0.39 is 0 Å². The third kappa shape index (κ3) is 3.86. The van der Waals surface area contributed by atoms with E-state index in [1.54, 1.807) is 54.7 Å². The zero-order valence-electron chi connectivity index (χ0n) is 14.0. The highest BCUT2D eigenvalue weighted by Crippen LogP contribution is 2.25. The highest BCUT2D eigenvalue weighted by atomic mass is 35.5. The topological polar surface area (TPSA) is 80.9 Å². The number of carbonyl (C=O) groups is 1. The Morgan fingerprint density at radius 2 is 1.52 bits per heavy atom. The van der Waals surface area contributed by atoms with Gasteiger partial charge in [-0.05, 0) is 60.7 Å². The van der Waals surface area contributed by atoms with Crippen molar-refractivity contribution in [2.24, 2.45) is 0 Å². The minimum absolute atomic E-state index is 0.223. The van der Waals surface area contributed by atoms with Gasteiger partial charge in [0.15, 0.2) is 0 Å². The Morgan fingerprint density at radius 1 is 0.889 bits per heavy atom. The molecule has 0 saturated carbocycles. The number of pyridine rings is 1. The van der Waals surface area contributed by atoms with Crippen LogP contribution in [0.2, 0.25) is 5.02 Å². The first kappa shape index (κ1) is 16.9. The molecule has 0 aliphatic rings. The van der Waals surface area contributed by atoms with Crippen LogP contribution in [0.3, 0.4) is 0 Å². The van der Waals surface area contributed by atoms with Crippen molar-refractivity contribution in [3.8, 4) is 22.9 Å². The zero-order chi connectivity index (χ0) is 18.6. The maximum Gasteiger partial charge on any atom is 0.257 e. The lowest BCUT2D eigenvalue weighted by Gasteiger charge is -2.05.